The lowest BCUT2D eigenvalue weighted by atomic mass is 9.86. The second-order valence-electron chi connectivity index (χ2n) is 6.30. The van der Waals surface area contributed by atoms with Crippen LogP contribution in [-0.2, 0) is 0 Å². The first-order chi connectivity index (χ1) is 9.74. The predicted octanol–water partition coefficient (Wildman–Crippen LogP) is 0.718. The zero-order valence-electron chi connectivity index (χ0n) is 13.0. The third-order valence-corrected chi connectivity index (χ3v) is 4.51. The summed E-state index contributed by atoms with van der Waals surface area (Å²) < 4.78 is 0. The van der Waals surface area contributed by atoms with Gasteiger partial charge in [0, 0.05) is 26.2 Å². The topological polar surface area (TPSA) is 56.9 Å². The van der Waals surface area contributed by atoms with Crippen LogP contribution >= 0.6 is 0 Å². The van der Waals surface area contributed by atoms with Gasteiger partial charge in [0.05, 0.1) is 0 Å². The largest absolute Gasteiger partial charge is 0.370 e. The molecule has 0 radical (unpaired) electrons. The van der Waals surface area contributed by atoms with Crippen LogP contribution in [0.15, 0.2) is 4.99 Å². The average Bonchev–Trinajstić information content (AvgIpc) is 2.58. The Balaban J connectivity index is 1.51. The van der Waals surface area contributed by atoms with E-state index in [1.165, 1.54) is 51.9 Å². The maximum atomic E-state index is 5.88. The quantitative estimate of drug-likeness (QED) is 0.428. The van der Waals surface area contributed by atoms with Crippen molar-refractivity contribution in [2.75, 3.05) is 52.9 Å². The second-order valence-corrected chi connectivity index (χ2v) is 6.30. The van der Waals surface area contributed by atoms with Gasteiger partial charge >= 0.3 is 0 Å². The highest BCUT2D eigenvalue weighted by molar-refractivity contribution is 5.77. The van der Waals surface area contributed by atoms with Gasteiger partial charge in [0.2, 0.25) is 0 Å². The maximum Gasteiger partial charge on any atom is 0.188 e. The number of nitrogens with zero attached hydrogens (tertiary/aromatic N) is 3. The van der Waals surface area contributed by atoms with Crippen molar-refractivity contribution in [3.8, 4) is 0 Å². The van der Waals surface area contributed by atoms with Crippen molar-refractivity contribution in [1.82, 2.24) is 15.1 Å². The summed E-state index contributed by atoms with van der Waals surface area (Å²) in [7, 11) is 2.21. The minimum atomic E-state index is 0.632. The van der Waals surface area contributed by atoms with Crippen LogP contribution in [0.1, 0.15) is 32.1 Å². The van der Waals surface area contributed by atoms with Crippen molar-refractivity contribution in [3.63, 3.8) is 0 Å². The van der Waals surface area contributed by atoms with Crippen LogP contribution in [0.4, 0.5) is 0 Å². The number of likely N-dealkylation sites (N-methyl/N-ethyl adjacent to an activating group) is 1. The summed E-state index contributed by atoms with van der Waals surface area (Å²) in [6, 6.07) is 0. The molecule has 0 unspecified atom stereocenters. The van der Waals surface area contributed by atoms with Crippen LogP contribution in [-0.4, -0.2) is 68.6 Å². The molecule has 2 aliphatic rings. The van der Waals surface area contributed by atoms with Crippen molar-refractivity contribution in [2.45, 2.75) is 32.1 Å². The van der Waals surface area contributed by atoms with Gasteiger partial charge in [-0.2, -0.15) is 0 Å². The van der Waals surface area contributed by atoms with Crippen molar-refractivity contribution >= 4 is 5.96 Å². The molecule has 1 aliphatic heterocycles. The van der Waals surface area contributed by atoms with E-state index in [4.69, 9.17) is 5.73 Å². The van der Waals surface area contributed by atoms with Crippen molar-refractivity contribution < 1.29 is 0 Å². The standard InChI is InChI=1S/C15H31N5/c1-19-8-4-10-20(12-11-19)9-3-7-17-15(16)18-13-14-5-2-6-14/h14H,2-13H2,1H3,(H3,16,17,18). The van der Waals surface area contributed by atoms with Crippen LogP contribution in [0, 0.1) is 5.92 Å². The predicted molar refractivity (Wildman–Crippen MR) is 85.0 cm³/mol. The Morgan fingerprint density at radius 1 is 1.20 bits per heavy atom. The fourth-order valence-electron chi connectivity index (χ4n) is 2.80. The van der Waals surface area contributed by atoms with Gasteiger partial charge in [-0.3, -0.25) is 4.99 Å². The van der Waals surface area contributed by atoms with Gasteiger partial charge < -0.3 is 20.9 Å². The van der Waals surface area contributed by atoms with Gasteiger partial charge in [-0.05, 0) is 58.3 Å². The van der Waals surface area contributed by atoms with E-state index in [1.807, 2.05) is 0 Å². The van der Waals surface area contributed by atoms with E-state index >= 15 is 0 Å². The lowest BCUT2D eigenvalue weighted by Crippen LogP contribution is -2.36. The molecule has 0 amide bonds. The Bertz CT molecular complexity index is 301. The number of guanidine groups is 1. The Morgan fingerprint density at radius 2 is 2.05 bits per heavy atom. The number of nitrogens with two attached hydrogens (primary N) is 1. The SMILES string of the molecule is CN1CCCN(CCCNC(N)=NCC2CCC2)CC1. The minimum absolute atomic E-state index is 0.632. The van der Waals surface area contributed by atoms with Gasteiger partial charge in [0.15, 0.2) is 5.96 Å². The summed E-state index contributed by atoms with van der Waals surface area (Å²) in [4.78, 5) is 9.40. The van der Waals surface area contributed by atoms with Gasteiger partial charge in [0.25, 0.3) is 0 Å². The van der Waals surface area contributed by atoms with Gasteiger partial charge in [0.1, 0.15) is 0 Å². The molecule has 5 heteroatoms. The fraction of sp³-hybridized carbons (Fsp3) is 0.933. The number of nitrogens with one attached hydrogen (secondary N) is 1. The first-order valence-electron chi connectivity index (χ1n) is 8.19. The molecule has 2 fully saturated rings. The highest BCUT2D eigenvalue weighted by Crippen LogP contribution is 2.26. The number of aliphatic imine (C=N–C) groups is 1. The van der Waals surface area contributed by atoms with E-state index in [2.05, 4.69) is 27.2 Å². The first kappa shape index (κ1) is 15.6. The summed E-state index contributed by atoms with van der Waals surface area (Å²) in [6.45, 7) is 7.87. The minimum Gasteiger partial charge on any atom is -0.370 e. The zero-order chi connectivity index (χ0) is 14.2. The van der Waals surface area contributed by atoms with Crippen LogP contribution in [0.3, 0.4) is 0 Å². The van der Waals surface area contributed by atoms with Crippen molar-refractivity contribution in [2.24, 2.45) is 16.6 Å². The van der Waals surface area contributed by atoms with Crippen LogP contribution in [0.5, 0.6) is 0 Å². The van der Waals surface area contributed by atoms with E-state index in [0.29, 0.717) is 5.96 Å². The van der Waals surface area contributed by atoms with E-state index < -0.39 is 0 Å². The number of hydrogen-bond acceptors (Lipinski definition) is 3. The Hall–Kier alpha value is -0.810. The molecule has 116 valence electrons. The van der Waals surface area contributed by atoms with Gasteiger partial charge in [-0.25, -0.2) is 0 Å². The highest BCUT2D eigenvalue weighted by atomic mass is 15.2. The molecule has 0 bridgehead atoms. The molecule has 1 aliphatic carbocycles. The Morgan fingerprint density at radius 3 is 2.80 bits per heavy atom. The Kier molecular flexibility index (Phi) is 6.60. The molecule has 0 atom stereocenters. The summed E-state index contributed by atoms with van der Waals surface area (Å²) in [5.41, 5.74) is 5.88. The van der Waals surface area contributed by atoms with E-state index in [1.54, 1.807) is 0 Å². The van der Waals surface area contributed by atoms with E-state index in [9.17, 15) is 0 Å². The van der Waals surface area contributed by atoms with Crippen molar-refractivity contribution in [3.05, 3.63) is 0 Å². The number of hydrogen-bond donors (Lipinski definition) is 2. The van der Waals surface area contributed by atoms with Crippen LogP contribution in [0.2, 0.25) is 0 Å². The number of rotatable bonds is 6. The third-order valence-electron chi connectivity index (χ3n) is 4.51. The highest BCUT2D eigenvalue weighted by Gasteiger charge is 2.16. The summed E-state index contributed by atoms with van der Waals surface area (Å²) >= 11 is 0. The molecule has 0 aromatic rings. The molecule has 20 heavy (non-hydrogen) atoms. The molecule has 0 aromatic heterocycles. The molecular formula is C15H31N5. The van der Waals surface area contributed by atoms with E-state index in [0.717, 1.165) is 32.0 Å². The fourth-order valence-corrected chi connectivity index (χ4v) is 2.80. The zero-order valence-corrected chi connectivity index (χ0v) is 13.0. The maximum absolute atomic E-state index is 5.88. The molecule has 0 aromatic carbocycles. The van der Waals surface area contributed by atoms with Gasteiger partial charge in [-0.15, -0.1) is 0 Å². The molecule has 1 saturated carbocycles. The first-order valence-corrected chi connectivity index (χ1v) is 8.19. The van der Waals surface area contributed by atoms with Crippen LogP contribution in [0.25, 0.3) is 0 Å². The summed E-state index contributed by atoms with van der Waals surface area (Å²) in [6.07, 6.45) is 6.47. The van der Waals surface area contributed by atoms with Gasteiger partial charge in [-0.1, -0.05) is 6.42 Å². The third kappa shape index (κ3) is 5.67. The lowest BCUT2D eigenvalue weighted by Gasteiger charge is -2.23. The monoisotopic (exact) mass is 281 g/mol. The molecule has 3 N–H and O–H groups in total. The summed E-state index contributed by atoms with van der Waals surface area (Å²) in [5.74, 6) is 1.43. The molecule has 1 saturated heterocycles. The second kappa shape index (κ2) is 8.47. The normalized spacial score (nSPS) is 23.4. The molecule has 5 nitrogen and oxygen atoms in total. The smallest absolute Gasteiger partial charge is 0.188 e. The molecule has 2 rings (SSSR count). The summed E-state index contributed by atoms with van der Waals surface area (Å²) in [5, 5.41) is 3.24. The van der Waals surface area contributed by atoms with Crippen LogP contribution < -0.4 is 11.1 Å². The van der Waals surface area contributed by atoms with E-state index in [-0.39, 0.29) is 0 Å². The molecular weight excluding hydrogens is 250 g/mol. The Labute approximate surface area is 123 Å². The molecule has 0 spiro atoms. The average molecular weight is 281 g/mol. The lowest BCUT2D eigenvalue weighted by molar-refractivity contribution is 0.274. The molecule has 1 heterocycles. The van der Waals surface area contributed by atoms with Crippen molar-refractivity contribution in [1.29, 1.82) is 0 Å².